The molecule has 0 amide bonds. The quantitative estimate of drug-likeness (QED) is 0.616. The van der Waals surface area contributed by atoms with Gasteiger partial charge in [-0.1, -0.05) is 0 Å². The number of anilines is 1. The SMILES string of the molecule is CC(C)(C)Nc1ncc([N+](=O)[O-])cc1C(=O)O. The molecule has 1 aromatic rings. The van der Waals surface area contributed by atoms with Crippen LogP contribution >= 0.6 is 0 Å². The largest absolute Gasteiger partial charge is 0.478 e. The summed E-state index contributed by atoms with van der Waals surface area (Å²) in [5, 5.41) is 22.4. The zero-order chi connectivity index (χ0) is 13.2. The Morgan fingerprint density at radius 2 is 2.12 bits per heavy atom. The van der Waals surface area contributed by atoms with E-state index in [-0.39, 0.29) is 22.6 Å². The third-order valence-electron chi connectivity index (χ3n) is 1.81. The van der Waals surface area contributed by atoms with Gasteiger partial charge in [0, 0.05) is 11.6 Å². The van der Waals surface area contributed by atoms with Crippen LogP contribution in [-0.2, 0) is 0 Å². The van der Waals surface area contributed by atoms with Crippen LogP contribution < -0.4 is 5.32 Å². The maximum Gasteiger partial charge on any atom is 0.339 e. The molecular weight excluding hydrogens is 226 g/mol. The Kier molecular flexibility index (Phi) is 3.31. The number of carbonyl (C=O) groups is 1. The summed E-state index contributed by atoms with van der Waals surface area (Å²) in [5.74, 6) is -1.14. The fraction of sp³-hybridized carbons (Fsp3) is 0.400. The molecule has 7 nitrogen and oxygen atoms in total. The molecule has 0 saturated heterocycles. The lowest BCUT2D eigenvalue weighted by molar-refractivity contribution is -0.385. The maximum absolute atomic E-state index is 11.0. The summed E-state index contributed by atoms with van der Waals surface area (Å²) < 4.78 is 0. The normalized spacial score (nSPS) is 11.0. The summed E-state index contributed by atoms with van der Waals surface area (Å²) in [7, 11) is 0. The highest BCUT2D eigenvalue weighted by Gasteiger charge is 2.20. The Morgan fingerprint density at radius 1 is 1.53 bits per heavy atom. The number of aromatic carboxylic acids is 1. The number of carboxylic acids is 1. The number of hydrogen-bond donors (Lipinski definition) is 2. The Bertz CT molecular complexity index is 465. The van der Waals surface area contributed by atoms with Gasteiger partial charge in [0.1, 0.15) is 17.6 Å². The van der Waals surface area contributed by atoms with Crippen LogP contribution in [0, 0.1) is 10.1 Å². The van der Waals surface area contributed by atoms with Crippen LogP contribution in [0.25, 0.3) is 0 Å². The molecule has 0 aliphatic rings. The van der Waals surface area contributed by atoms with E-state index in [9.17, 15) is 14.9 Å². The topological polar surface area (TPSA) is 105 Å². The molecule has 0 unspecified atom stereocenters. The van der Waals surface area contributed by atoms with Crippen molar-refractivity contribution in [1.29, 1.82) is 0 Å². The van der Waals surface area contributed by atoms with E-state index >= 15 is 0 Å². The highest BCUT2D eigenvalue weighted by atomic mass is 16.6. The zero-order valence-corrected chi connectivity index (χ0v) is 9.72. The molecule has 0 radical (unpaired) electrons. The summed E-state index contributed by atoms with van der Waals surface area (Å²) >= 11 is 0. The maximum atomic E-state index is 11.0. The summed E-state index contributed by atoms with van der Waals surface area (Å²) in [6.45, 7) is 5.51. The fourth-order valence-electron chi connectivity index (χ4n) is 1.17. The van der Waals surface area contributed by atoms with Crippen molar-refractivity contribution in [3.63, 3.8) is 0 Å². The predicted octanol–water partition coefficient (Wildman–Crippen LogP) is 1.90. The molecule has 1 aromatic heterocycles. The predicted molar refractivity (Wildman–Crippen MR) is 61.2 cm³/mol. The van der Waals surface area contributed by atoms with Gasteiger partial charge in [-0.25, -0.2) is 9.78 Å². The third kappa shape index (κ3) is 3.40. The number of hydrogen-bond acceptors (Lipinski definition) is 5. The van der Waals surface area contributed by atoms with E-state index in [1.165, 1.54) is 0 Å². The smallest absolute Gasteiger partial charge is 0.339 e. The summed E-state index contributed by atoms with van der Waals surface area (Å²) in [6, 6.07) is 0.989. The number of rotatable bonds is 3. The molecule has 0 aliphatic heterocycles. The fourth-order valence-corrected chi connectivity index (χ4v) is 1.17. The summed E-state index contributed by atoms with van der Waals surface area (Å²) in [6.07, 6.45) is 1.03. The first-order valence-electron chi connectivity index (χ1n) is 4.86. The van der Waals surface area contributed by atoms with Crippen molar-refractivity contribution in [3.8, 4) is 0 Å². The molecule has 0 aromatic carbocycles. The van der Waals surface area contributed by atoms with Gasteiger partial charge in [0.25, 0.3) is 5.69 Å². The summed E-state index contributed by atoms with van der Waals surface area (Å²) in [4.78, 5) is 24.6. The van der Waals surface area contributed by atoms with Crippen LogP contribution in [0.15, 0.2) is 12.3 Å². The van der Waals surface area contributed by atoms with E-state index in [4.69, 9.17) is 5.11 Å². The lowest BCUT2D eigenvalue weighted by Crippen LogP contribution is -2.28. The van der Waals surface area contributed by atoms with E-state index in [1.54, 1.807) is 0 Å². The molecule has 0 aliphatic carbocycles. The van der Waals surface area contributed by atoms with Gasteiger partial charge in [-0.2, -0.15) is 0 Å². The highest BCUT2D eigenvalue weighted by Crippen LogP contribution is 2.21. The standard InChI is InChI=1S/C10H13N3O4/c1-10(2,3)12-8-7(9(14)15)4-6(5-11-8)13(16)17/h4-5H,1-3H3,(H,11,12)(H,14,15). The monoisotopic (exact) mass is 239 g/mol. The number of pyridine rings is 1. The number of nitrogens with one attached hydrogen (secondary N) is 1. The molecule has 0 saturated carbocycles. The lowest BCUT2D eigenvalue weighted by Gasteiger charge is -2.22. The first-order chi connectivity index (χ1) is 7.70. The van der Waals surface area contributed by atoms with E-state index in [2.05, 4.69) is 10.3 Å². The molecule has 0 fully saturated rings. The minimum Gasteiger partial charge on any atom is -0.478 e. The molecule has 92 valence electrons. The molecule has 7 heteroatoms. The zero-order valence-electron chi connectivity index (χ0n) is 9.72. The minimum atomic E-state index is -1.26. The highest BCUT2D eigenvalue weighted by molar-refractivity contribution is 5.93. The van der Waals surface area contributed by atoms with Gasteiger partial charge in [-0.15, -0.1) is 0 Å². The van der Waals surface area contributed by atoms with Gasteiger partial charge in [-0.3, -0.25) is 10.1 Å². The molecule has 2 N–H and O–H groups in total. The molecule has 0 bridgehead atoms. The molecule has 1 heterocycles. The van der Waals surface area contributed by atoms with Crippen LogP contribution in [0.1, 0.15) is 31.1 Å². The number of nitro groups is 1. The van der Waals surface area contributed by atoms with Crippen molar-refractivity contribution >= 4 is 17.5 Å². The second kappa shape index (κ2) is 4.36. The Labute approximate surface area is 97.6 Å². The van der Waals surface area contributed by atoms with Gasteiger partial charge in [0.15, 0.2) is 0 Å². The van der Waals surface area contributed by atoms with Crippen molar-refractivity contribution in [2.45, 2.75) is 26.3 Å². The molecular formula is C10H13N3O4. The molecule has 0 atom stereocenters. The van der Waals surface area contributed by atoms with Crippen LogP contribution in [0.5, 0.6) is 0 Å². The van der Waals surface area contributed by atoms with Gasteiger partial charge >= 0.3 is 5.97 Å². The van der Waals surface area contributed by atoms with Crippen molar-refractivity contribution in [2.75, 3.05) is 5.32 Å². The third-order valence-corrected chi connectivity index (χ3v) is 1.81. The second-order valence-electron chi connectivity index (χ2n) is 4.53. The number of nitrogens with zero attached hydrogens (tertiary/aromatic N) is 2. The Morgan fingerprint density at radius 3 is 2.53 bits per heavy atom. The van der Waals surface area contributed by atoms with Crippen LogP contribution in [0.3, 0.4) is 0 Å². The van der Waals surface area contributed by atoms with Gasteiger partial charge < -0.3 is 10.4 Å². The minimum absolute atomic E-state index is 0.121. The van der Waals surface area contributed by atoms with Crippen molar-refractivity contribution in [3.05, 3.63) is 27.9 Å². The number of carboxylic acid groups (broad SMARTS) is 1. The first-order valence-corrected chi connectivity index (χ1v) is 4.86. The van der Waals surface area contributed by atoms with Gasteiger partial charge in [-0.05, 0) is 20.8 Å². The van der Waals surface area contributed by atoms with E-state index in [0.29, 0.717) is 0 Å². The Hall–Kier alpha value is -2.18. The van der Waals surface area contributed by atoms with Crippen LogP contribution in [0.2, 0.25) is 0 Å². The molecule has 17 heavy (non-hydrogen) atoms. The van der Waals surface area contributed by atoms with Crippen molar-refractivity contribution < 1.29 is 14.8 Å². The number of aromatic nitrogens is 1. The van der Waals surface area contributed by atoms with E-state index in [1.807, 2.05) is 20.8 Å². The van der Waals surface area contributed by atoms with Gasteiger partial charge in [0.2, 0.25) is 0 Å². The average molecular weight is 239 g/mol. The van der Waals surface area contributed by atoms with Crippen LogP contribution in [0.4, 0.5) is 11.5 Å². The first kappa shape index (κ1) is 12.9. The van der Waals surface area contributed by atoms with Crippen molar-refractivity contribution in [1.82, 2.24) is 4.98 Å². The summed E-state index contributed by atoms with van der Waals surface area (Å²) in [5.41, 5.74) is -0.941. The average Bonchev–Trinajstić information content (AvgIpc) is 2.14. The van der Waals surface area contributed by atoms with Crippen LogP contribution in [-0.4, -0.2) is 26.5 Å². The van der Waals surface area contributed by atoms with Crippen molar-refractivity contribution in [2.24, 2.45) is 0 Å². The Balaban J connectivity index is 3.23. The molecule has 1 rings (SSSR count). The van der Waals surface area contributed by atoms with Gasteiger partial charge in [0.05, 0.1) is 4.92 Å². The lowest BCUT2D eigenvalue weighted by atomic mass is 10.1. The van der Waals surface area contributed by atoms with E-state index < -0.39 is 10.9 Å². The second-order valence-corrected chi connectivity index (χ2v) is 4.53. The van der Waals surface area contributed by atoms with E-state index in [0.717, 1.165) is 12.3 Å². The molecule has 0 spiro atoms.